The number of alkyl carbamates (subject to hydrolysis) is 1. The molecule has 0 aromatic carbocycles. The smallest absolute Gasteiger partial charge is 0.407 e. The van der Waals surface area contributed by atoms with Crippen molar-refractivity contribution in [3.63, 3.8) is 0 Å². The second kappa shape index (κ2) is 6.49. The summed E-state index contributed by atoms with van der Waals surface area (Å²) < 4.78 is 5.12. The lowest BCUT2D eigenvalue weighted by Gasteiger charge is -2.19. The predicted octanol–water partition coefficient (Wildman–Crippen LogP) is 2.70. The monoisotopic (exact) mass is 254 g/mol. The number of hydrogen-bond acceptors (Lipinski definition) is 4. The van der Waals surface area contributed by atoms with E-state index in [1.54, 1.807) is 24.2 Å². The van der Waals surface area contributed by atoms with E-state index in [0.29, 0.717) is 6.54 Å². The van der Waals surface area contributed by atoms with E-state index < -0.39 is 5.60 Å². The molecule has 1 aromatic rings. The molecule has 17 heavy (non-hydrogen) atoms. The Morgan fingerprint density at radius 2 is 2.06 bits per heavy atom. The lowest BCUT2D eigenvalue weighted by molar-refractivity contribution is 0.0531. The second-order valence-electron chi connectivity index (χ2n) is 4.46. The van der Waals surface area contributed by atoms with Gasteiger partial charge in [0.25, 0.3) is 0 Å². The van der Waals surface area contributed by atoms with E-state index in [1.807, 2.05) is 32.9 Å². The van der Waals surface area contributed by atoms with Gasteiger partial charge in [0.1, 0.15) is 5.60 Å². The SMILES string of the molecule is CC(C)(C)OC(=O)NCCSc1ccncc1. The minimum Gasteiger partial charge on any atom is -0.444 e. The van der Waals surface area contributed by atoms with E-state index in [9.17, 15) is 4.79 Å². The quantitative estimate of drug-likeness (QED) is 0.663. The van der Waals surface area contributed by atoms with Gasteiger partial charge in [0.05, 0.1) is 0 Å². The molecule has 94 valence electrons. The molecule has 0 aliphatic heterocycles. The van der Waals surface area contributed by atoms with Crippen LogP contribution in [0.2, 0.25) is 0 Å². The molecule has 1 amide bonds. The summed E-state index contributed by atoms with van der Waals surface area (Å²) in [6.45, 7) is 6.12. The van der Waals surface area contributed by atoms with Crippen molar-refractivity contribution in [2.45, 2.75) is 31.3 Å². The van der Waals surface area contributed by atoms with Crippen LogP contribution in [-0.4, -0.2) is 29.0 Å². The molecule has 1 aromatic heterocycles. The van der Waals surface area contributed by atoms with Gasteiger partial charge >= 0.3 is 6.09 Å². The summed E-state index contributed by atoms with van der Waals surface area (Å²) in [4.78, 5) is 16.4. The average Bonchev–Trinajstić information content (AvgIpc) is 2.23. The number of aromatic nitrogens is 1. The molecule has 0 saturated carbocycles. The van der Waals surface area contributed by atoms with Crippen LogP contribution in [0.15, 0.2) is 29.4 Å². The summed E-state index contributed by atoms with van der Waals surface area (Å²) in [6.07, 6.45) is 3.14. The van der Waals surface area contributed by atoms with E-state index >= 15 is 0 Å². The van der Waals surface area contributed by atoms with Crippen LogP contribution in [0.5, 0.6) is 0 Å². The van der Waals surface area contributed by atoms with E-state index in [-0.39, 0.29) is 6.09 Å². The van der Waals surface area contributed by atoms with Gasteiger partial charge in [-0.05, 0) is 32.9 Å². The number of thioether (sulfide) groups is 1. The van der Waals surface area contributed by atoms with Crippen LogP contribution in [0.4, 0.5) is 4.79 Å². The third kappa shape index (κ3) is 6.84. The molecule has 5 heteroatoms. The fourth-order valence-corrected chi connectivity index (χ4v) is 1.82. The van der Waals surface area contributed by atoms with E-state index in [0.717, 1.165) is 10.6 Å². The first-order chi connectivity index (χ1) is 7.97. The summed E-state index contributed by atoms with van der Waals surface area (Å²) in [6, 6.07) is 3.89. The number of pyridine rings is 1. The Bertz CT molecular complexity index is 349. The summed E-state index contributed by atoms with van der Waals surface area (Å²) in [5.41, 5.74) is -0.442. The van der Waals surface area contributed by atoms with Crippen molar-refractivity contribution in [3.05, 3.63) is 24.5 Å². The van der Waals surface area contributed by atoms with Crippen LogP contribution in [0.25, 0.3) is 0 Å². The highest BCUT2D eigenvalue weighted by Crippen LogP contribution is 2.15. The summed E-state index contributed by atoms with van der Waals surface area (Å²) in [7, 11) is 0. The van der Waals surface area contributed by atoms with Crippen molar-refractivity contribution in [1.29, 1.82) is 0 Å². The standard InChI is InChI=1S/C12H18N2O2S/c1-12(2,3)16-11(15)14-8-9-17-10-4-6-13-7-5-10/h4-7H,8-9H2,1-3H3,(H,14,15). The molecule has 4 nitrogen and oxygen atoms in total. The molecular weight excluding hydrogens is 236 g/mol. The molecule has 0 unspecified atom stereocenters. The molecule has 0 fully saturated rings. The first-order valence-electron chi connectivity index (χ1n) is 5.47. The Balaban J connectivity index is 2.14. The number of ether oxygens (including phenoxy) is 1. The number of rotatable bonds is 4. The number of nitrogens with zero attached hydrogens (tertiary/aromatic N) is 1. The molecule has 1 rings (SSSR count). The first-order valence-corrected chi connectivity index (χ1v) is 6.45. The molecule has 1 heterocycles. The van der Waals surface area contributed by atoms with Crippen molar-refractivity contribution in [1.82, 2.24) is 10.3 Å². The molecule has 0 aliphatic rings. The van der Waals surface area contributed by atoms with E-state index in [4.69, 9.17) is 4.74 Å². The zero-order valence-corrected chi connectivity index (χ0v) is 11.2. The van der Waals surface area contributed by atoms with Crippen LogP contribution in [0.1, 0.15) is 20.8 Å². The summed E-state index contributed by atoms with van der Waals surface area (Å²) >= 11 is 1.67. The number of carbonyl (C=O) groups is 1. The van der Waals surface area contributed by atoms with Gasteiger partial charge in [-0.1, -0.05) is 0 Å². The Morgan fingerprint density at radius 1 is 1.41 bits per heavy atom. The third-order valence-corrected chi connectivity index (χ3v) is 2.70. The number of amides is 1. The maximum Gasteiger partial charge on any atom is 0.407 e. The molecule has 0 bridgehead atoms. The highest BCUT2D eigenvalue weighted by atomic mass is 32.2. The largest absolute Gasteiger partial charge is 0.444 e. The van der Waals surface area contributed by atoms with E-state index in [1.165, 1.54) is 0 Å². The van der Waals surface area contributed by atoms with Crippen molar-refractivity contribution < 1.29 is 9.53 Å². The molecule has 0 spiro atoms. The van der Waals surface area contributed by atoms with Crippen LogP contribution in [0, 0.1) is 0 Å². The minimum absolute atomic E-state index is 0.368. The van der Waals surface area contributed by atoms with Crippen molar-refractivity contribution in [3.8, 4) is 0 Å². The van der Waals surface area contributed by atoms with Gasteiger partial charge in [-0.3, -0.25) is 4.98 Å². The molecule has 0 atom stereocenters. The number of carbonyl (C=O) groups excluding carboxylic acids is 1. The first kappa shape index (κ1) is 13.8. The molecular formula is C12H18N2O2S. The fraction of sp³-hybridized carbons (Fsp3) is 0.500. The highest BCUT2D eigenvalue weighted by Gasteiger charge is 2.15. The highest BCUT2D eigenvalue weighted by molar-refractivity contribution is 7.99. The maximum absolute atomic E-state index is 11.3. The minimum atomic E-state index is -0.442. The van der Waals surface area contributed by atoms with Crippen molar-refractivity contribution >= 4 is 17.9 Å². The van der Waals surface area contributed by atoms with Gasteiger partial charge in [-0.25, -0.2) is 4.79 Å². The summed E-state index contributed by atoms with van der Waals surface area (Å²) in [5.74, 6) is 0.809. The fourth-order valence-electron chi connectivity index (χ4n) is 1.07. The second-order valence-corrected chi connectivity index (χ2v) is 5.63. The zero-order chi connectivity index (χ0) is 12.7. The predicted molar refractivity (Wildman–Crippen MR) is 69.2 cm³/mol. The molecule has 0 radical (unpaired) electrons. The Morgan fingerprint density at radius 3 is 2.65 bits per heavy atom. The number of hydrogen-bond donors (Lipinski definition) is 1. The van der Waals surface area contributed by atoms with Gasteiger partial charge in [-0.15, -0.1) is 11.8 Å². The third-order valence-electron chi connectivity index (χ3n) is 1.69. The van der Waals surface area contributed by atoms with Gasteiger partial charge < -0.3 is 10.1 Å². The van der Waals surface area contributed by atoms with Crippen LogP contribution in [0.3, 0.4) is 0 Å². The van der Waals surface area contributed by atoms with Crippen LogP contribution < -0.4 is 5.32 Å². The lowest BCUT2D eigenvalue weighted by Crippen LogP contribution is -2.33. The van der Waals surface area contributed by atoms with E-state index in [2.05, 4.69) is 10.3 Å². The molecule has 0 saturated heterocycles. The van der Waals surface area contributed by atoms with Crippen molar-refractivity contribution in [2.24, 2.45) is 0 Å². The van der Waals surface area contributed by atoms with Gasteiger partial charge in [-0.2, -0.15) is 0 Å². The number of nitrogens with one attached hydrogen (secondary N) is 1. The Labute approximate surface area is 106 Å². The van der Waals surface area contributed by atoms with Crippen LogP contribution >= 0.6 is 11.8 Å². The summed E-state index contributed by atoms with van der Waals surface area (Å²) in [5, 5.41) is 2.71. The Hall–Kier alpha value is -1.23. The van der Waals surface area contributed by atoms with Gasteiger partial charge in [0, 0.05) is 29.6 Å². The average molecular weight is 254 g/mol. The van der Waals surface area contributed by atoms with Crippen molar-refractivity contribution in [2.75, 3.05) is 12.3 Å². The van der Waals surface area contributed by atoms with Crippen LogP contribution in [-0.2, 0) is 4.74 Å². The molecule has 1 N–H and O–H groups in total. The Kier molecular flexibility index (Phi) is 5.28. The topological polar surface area (TPSA) is 51.2 Å². The molecule has 0 aliphatic carbocycles. The lowest BCUT2D eigenvalue weighted by atomic mass is 10.2. The normalized spacial score (nSPS) is 11.0. The van der Waals surface area contributed by atoms with Gasteiger partial charge in [0.2, 0.25) is 0 Å². The maximum atomic E-state index is 11.3. The van der Waals surface area contributed by atoms with Gasteiger partial charge in [0.15, 0.2) is 0 Å². The zero-order valence-electron chi connectivity index (χ0n) is 10.4.